The predicted molar refractivity (Wildman–Crippen MR) is 59.9 cm³/mol. The van der Waals surface area contributed by atoms with Gasteiger partial charge in [0.05, 0.1) is 5.39 Å². The Hall–Kier alpha value is -2.16. The highest BCUT2D eigenvalue weighted by atomic mass is 16.1. The highest BCUT2D eigenvalue weighted by Gasteiger charge is 2.02. The fourth-order valence-corrected chi connectivity index (χ4v) is 1.84. The zero-order valence-electron chi connectivity index (χ0n) is 7.90. The van der Waals surface area contributed by atoms with Crippen LogP contribution in [0.3, 0.4) is 0 Å². The van der Waals surface area contributed by atoms with Gasteiger partial charge >= 0.3 is 0 Å². The van der Waals surface area contributed by atoms with Crippen molar-refractivity contribution in [3.05, 3.63) is 53.1 Å². The van der Waals surface area contributed by atoms with Crippen molar-refractivity contribution in [2.24, 2.45) is 0 Å². The summed E-state index contributed by atoms with van der Waals surface area (Å²) < 4.78 is 0. The van der Waals surface area contributed by atoms with E-state index in [1.165, 1.54) is 0 Å². The number of pyridine rings is 2. The Morgan fingerprint density at radius 1 is 1.13 bits per heavy atom. The highest BCUT2D eigenvalue weighted by Crippen LogP contribution is 2.19. The van der Waals surface area contributed by atoms with Gasteiger partial charge in [-0.1, -0.05) is 6.07 Å². The summed E-state index contributed by atoms with van der Waals surface area (Å²) in [5.74, 6) is 0. The van der Waals surface area contributed by atoms with Gasteiger partial charge in [0.1, 0.15) is 0 Å². The Morgan fingerprint density at radius 2 is 2.07 bits per heavy atom. The van der Waals surface area contributed by atoms with Crippen LogP contribution < -0.4 is 5.43 Å². The Labute approximate surface area is 85.4 Å². The molecule has 3 rings (SSSR count). The number of rotatable bonds is 0. The van der Waals surface area contributed by atoms with Crippen LogP contribution in [0.2, 0.25) is 0 Å². The van der Waals surface area contributed by atoms with Crippen LogP contribution in [-0.4, -0.2) is 9.97 Å². The van der Waals surface area contributed by atoms with E-state index in [4.69, 9.17) is 0 Å². The van der Waals surface area contributed by atoms with E-state index < -0.39 is 0 Å². The summed E-state index contributed by atoms with van der Waals surface area (Å²) in [6.07, 6.45) is 5.13. The first-order valence-corrected chi connectivity index (χ1v) is 4.70. The zero-order chi connectivity index (χ0) is 10.3. The number of H-pyrrole nitrogens is 1. The van der Waals surface area contributed by atoms with Crippen molar-refractivity contribution in [3.63, 3.8) is 0 Å². The highest BCUT2D eigenvalue weighted by molar-refractivity contribution is 6.05. The minimum atomic E-state index is 0.0422. The van der Waals surface area contributed by atoms with Crippen LogP contribution in [0.4, 0.5) is 0 Å². The summed E-state index contributed by atoms with van der Waals surface area (Å²) in [6.45, 7) is 0. The van der Waals surface area contributed by atoms with Crippen molar-refractivity contribution in [1.29, 1.82) is 0 Å². The molecule has 1 N–H and O–H groups in total. The van der Waals surface area contributed by atoms with Crippen LogP contribution in [0, 0.1) is 0 Å². The second kappa shape index (κ2) is 2.92. The average molecular weight is 196 g/mol. The normalized spacial score (nSPS) is 10.9. The molecule has 3 aromatic rings. The van der Waals surface area contributed by atoms with E-state index in [2.05, 4.69) is 9.97 Å². The largest absolute Gasteiger partial charge is 0.361 e. The molecule has 0 aliphatic carbocycles. The van der Waals surface area contributed by atoms with E-state index in [-0.39, 0.29) is 5.43 Å². The number of hydrogen-bond donors (Lipinski definition) is 1. The number of nitrogens with zero attached hydrogens (tertiary/aromatic N) is 1. The first-order chi connectivity index (χ1) is 7.36. The second-order valence-electron chi connectivity index (χ2n) is 3.43. The molecule has 0 atom stereocenters. The molecule has 72 valence electrons. The van der Waals surface area contributed by atoms with E-state index >= 15 is 0 Å². The molecular formula is C12H8N2O. The SMILES string of the molecule is O=c1cc[nH]c2ccc3cnccc3c12. The summed E-state index contributed by atoms with van der Waals surface area (Å²) in [4.78, 5) is 18.9. The van der Waals surface area contributed by atoms with Crippen LogP contribution in [0.15, 0.2) is 47.7 Å². The van der Waals surface area contributed by atoms with Crippen molar-refractivity contribution in [2.45, 2.75) is 0 Å². The Bertz CT molecular complexity index is 700. The Kier molecular flexibility index (Phi) is 1.59. The molecule has 3 heteroatoms. The number of nitrogens with one attached hydrogen (secondary N) is 1. The molecule has 2 heterocycles. The maximum Gasteiger partial charge on any atom is 0.190 e. The van der Waals surface area contributed by atoms with Gasteiger partial charge in [-0.2, -0.15) is 0 Å². The third kappa shape index (κ3) is 1.13. The number of aromatic amines is 1. The monoisotopic (exact) mass is 196 g/mol. The molecule has 0 radical (unpaired) electrons. The first kappa shape index (κ1) is 8.17. The lowest BCUT2D eigenvalue weighted by Crippen LogP contribution is -2.00. The second-order valence-corrected chi connectivity index (χ2v) is 3.43. The van der Waals surface area contributed by atoms with Crippen LogP contribution >= 0.6 is 0 Å². The summed E-state index contributed by atoms with van der Waals surface area (Å²) in [5, 5.41) is 2.67. The van der Waals surface area contributed by atoms with Gasteiger partial charge in [0.15, 0.2) is 5.43 Å². The summed E-state index contributed by atoms with van der Waals surface area (Å²) in [5.41, 5.74) is 0.904. The third-order valence-corrected chi connectivity index (χ3v) is 2.54. The van der Waals surface area contributed by atoms with Crippen LogP contribution in [0.5, 0.6) is 0 Å². The first-order valence-electron chi connectivity index (χ1n) is 4.70. The number of fused-ring (bicyclic) bond motifs is 3. The van der Waals surface area contributed by atoms with Crippen molar-refractivity contribution < 1.29 is 0 Å². The molecule has 15 heavy (non-hydrogen) atoms. The van der Waals surface area contributed by atoms with Gasteiger partial charge in [0.25, 0.3) is 0 Å². The van der Waals surface area contributed by atoms with Crippen LogP contribution in [0.25, 0.3) is 21.7 Å². The maximum absolute atomic E-state index is 11.8. The van der Waals surface area contributed by atoms with E-state index in [0.717, 1.165) is 21.7 Å². The van der Waals surface area contributed by atoms with E-state index in [1.54, 1.807) is 24.7 Å². The van der Waals surface area contributed by atoms with Gasteiger partial charge in [-0.15, -0.1) is 0 Å². The Morgan fingerprint density at radius 3 is 3.00 bits per heavy atom. The third-order valence-electron chi connectivity index (χ3n) is 2.54. The minimum absolute atomic E-state index is 0.0422. The molecule has 0 saturated heterocycles. The molecule has 0 amide bonds. The van der Waals surface area contributed by atoms with Crippen molar-refractivity contribution in [2.75, 3.05) is 0 Å². The van der Waals surface area contributed by atoms with Crippen LogP contribution in [-0.2, 0) is 0 Å². The molecule has 3 nitrogen and oxygen atoms in total. The van der Waals surface area contributed by atoms with Gasteiger partial charge in [0.2, 0.25) is 0 Å². The smallest absolute Gasteiger partial charge is 0.190 e. The van der Waals surface area contributed by atoms with Gasteiger partial charge in [0, 0.05) is 35.6 Å². The summed E-state index contributed by atoms with van der Waals surface area (Å²) in [6, 6.07) is 7.27. The standard InChI is InChI=1S/C12H8N2O/c15-11-4-6-14-10-2-1-8-7-13-5-3-9(8)12(10)11/h1-7H,(H,14,15). The van der Waals surface area contributed by atoms with Gasteiger partial charge in [-0.25, -0.2) is 0 Å². The van der Waals surface area contributed by atoms with E-state index in [1.807, 2.05) is 18.2 Å². The lowest BCUT2D eigenvalue weighted by atomic mass is 10.1. The van der Waals surface area contributed by atoms with Crippen LogP contribution in [0.1, 0.15) is 0 Å². The van der Waals surface area contributed by atoms with Gasteiger partial charge in [-0.05, 0) is 17.5 Å². The van der Waals surface area contributed by atoms with E-state index in [0.29, 0.717) is 0 Å². The minimum Gasteiger partial charge on any atom is -0.361 e. The zero-order valence-corrected chi connectivity index (χ0v) is 7.90. The van der Waals surface area contributed by atoms with Crippen molar-refractivity contribution in [1.82, 2.24) is 9.97 Å². The fraction of sp³-hybridized carbons (Fsp3) is 0. The average Bonchev–Trinajstić information content (AvgIpc) is 2.29. The number of benzene rings is 1. The van der Waals surface area contributed by atoms with Crippen molar-refractivity contribution >= 4 is 21.7 Å². The van der Waals surface area contributed by atoms with Gasteiger partial charge in [-0.3, -0.25) is 9.78 Å². The molecular weight excluding hydrogens is 188 g/mol. The lowest BCUT2D eigenvalue weighted by molar-refractivity contribution is 1.36. The van der Waals surface area contributed by atoms with E-state index in [9.17, 15) is 4.79 Å². The van der Waals surface area contributed by atoms with Gasteiger partial charge < -0.3 is 4.98 Å². The topological polar surface area (TPSA) is 45.8 Å². The molecule has 0 unspecified atom stereocenters. The molecule has 0 aliphatic rings. The summed E-state index contributed by atoms with van der Waals surface area (Å²) >= 11 is 0. The predicted octanol–water partition coefficient (Wildman–Crippen LogP) is 2.08. The molecule has 0 aliphatic heterocycles. The molecule has 0 bridgehead atoms. The molecule has 0 saturated carbocycles. The lowest BCUT2D eigenvalue weighted by Gasteiger charge is -2.01. The molecule has 2 aromatic heterocycles. The Balaban J connectivity index is 2.70. The fourth-order valence-electron chi connectivity index (χ4n) is 1.84. The molecule has 0 spiro atoms. The molecule has 1 aromatic carbocycles. The maximum atomic E-state index is 11.8. The van der Waals surface area contributed by atoms with Crippen molar-refractivity contribution in [3.8, 4) is 0 Å². The number of aromatic nitrogens is 2. The molecule has 0 fully saturated rings. The quantitative estimate of drug-likeness (QED) is 0.559. The number of hydrogen-bond acceptors (Lipinski definition) is 2. The summed E-state index contributed by atoms with van der Waals surface area (Å²) in [7, 11) is 0.